The van der Waals surface area contributed by atoms with Crippen molar-refractivity contribution in [2.45, 2.75) is 165 Å². The van der Waals surface area contributed by atoms with Gasteiger partial charge in [0, 0.05) is 85.9 Å². The maximum atomic E-state index is 14.9. The van der Waals surface area contributed by atoms with Crippen molar-refractivity contribution in [2.24, 2.45) is 17.6 Å². The van der Waals surface area contributed by atoms with Crippen molar-refractivity contribution in [3.05, 3.63) is 166 Å². The van der Waals surface area contributed by atoms with Gasteiger partial charge in [0.2, 0.25) is 47.3 Å². The number of nitrogens with one attached hydrogen (secondary N) is 11. The lowest BCUT2D eigenvalue weighted by Gasteiger charge is -2.36. The number of esters is 1. The number of hydrogen-bond donors (Lipinski definition) is 17. The Balaban J connectivity index is 0.826. The zero-order valence-corrected chi connectivity index (χ0v) is 61.1. The first-order valence-corrected chi connectivity index (χ1v) is 36.3. The van der Waals surface area contributed by atoms with Crippen LogP contribution in [0.25, 0.3) is 0 Å². The molecule has 6 aromatic rings. The van der Waals surface area contributed by atoms with Crippen molar-refractivity contribution in [3.63, 3.8) is 0 Å². The highest BCUT2D eigenvalue weighted by atomic mass is 16.6. The second-order valence-corrected chi connectivity index (χ2v) is 27.8. The van der Waals surface area contributed by atoms with Crippen LogP contribution in [0.15, 0.2) is 122 Å². The quantitative estimate of drug-likeness (QED) is 0.0115. The molecule has 9 rings (SSSR count). The molecule has 1 aromatic heterocycles. The molecular formula is C77H92N14O19. The van der Waals surface area contributed by atoms with Gasteiger partial charge < -0.3 is 98.5 Å². The Labute approximate surface area is 632 Å². The van der Waals surface area contributed by atoms with Crippen molar-refractivity contribution in [2.75, 3.05) is 19.6 Å². The number of amides is 9. The summed E-state index contributed by atoms with van der Waals surface area (Å²) in [6.45, 7) is 6.83. The molecule has 4 heterocycles. The fourth-order valence-corrected chi connectivity index (χ4v) is 13.4. The highest BCUT2D eigenvalue weighted by Gasteiger charge is 2.54. The normalized spacial score (nSPS) is 15.8. The van der Waals surface area contributed by atoms with E-state index in [0.29, 0.717) is 59.2 Å². The number of benzene rings is 5. The van der Waals surface area contributed by atoms with Crippen LogP contribution in [0.1, 0.15) is 146 Å². The molecule has 5 aromatic carbocycles. The Kier molecular flexibility index (Phi) is 27.6. The summed E-state index contributed by atoms with van der Waals surface area (Å²) in [6.07, 6.45) is 2.98. The van der Waals surface area contributed by atoms with Crippen molar-refractivity contribution in [3.8, 4) is 28.7 Å². The van der Waals surface area contributed by atoms with Crippen LogP contribution < -0.4 is 58.3 Å². The van der Waals surface area contributed by atoms with Crippen LogP contribution in [-0.4, -0.2) is 185 Å². The zero-order valence-electron chi connectivity index (χ0n) is 61.1. The first-order chi connectivity index (χ1) is 52.5. The second kappa shape index (κ2) is 37.3. The number of aliphatic carboxylic acids is 2. The Morgan fingerprint density at radius 1 is 0.636 bits per heavy atom. The van der Waals surface area contributed by atoms with E-state index in [2.05, 4.69) is 57.8 Å². The number of phenols is 3. The van der Waals surface area contributed by atoms with Gasteiger partial charge in [-0.3, -0.25) is 53.4 Å². The van der Waals surface area contributed by atoms with E-state index in [9.17, 15) is 83.1 Å². The van der Waals surface area contributed by atoms with Gasteiger partial charge in [0.05, 0.1) is 24.0 Å². The number of rotatable bonds is 37. The summed E-state index contributed by atoms with van der Waals surface area (Å²) in [7, 11) is 0. The molecule has 9 atom stereocenters. The van der Waals surface area contributed by atoms with Crippen LogP contribution >= 0.6 is 0 Å². The third-order valence-electron chi connectivity index (χ3n) is 19.4. The maximum absolute atomic E-state index is 14.9. The number of carboxylic acids is 2. The number of aromatic nitrogens is 2. The van der Waals surface area contributed by atoms with Crippen LogP contribution in [-0.2, 0) is 77.5 Å². The number of ether oxygens (including phenoxy) is 2. The van der Waals surface area contributed by atoms with Gasteiger partial charge in [-0.25, -0.2) is 14.6 Å². The standard InChI is InChI=1S/C77H92N14O19/c1-5-42(4)65(72(104)87-57(35-46-39-80-40-83-46)73(105)91-31-13-17-59(91)70(102)88-58(74(106)107)33-43-14-8-6-9-15-43)90-69(101)55(32-44-19-22-47(92)23-20-44)86-71(103)64(41(2)3)89-67(99)54(16-12-30-82-76(78)79)85-68(100)56(38-63(96)97)84-62(95)18-10-7-11-29-81-66(98)45-21-26-51-50(34-45)75(108)110-77(51)52-27-24-48(93)36-60(52)109-61-37-49(94)25-28-53(61)77/h6,8-9,14-15,19-28,34,36-37,39-42,54-59,64-65,92-94H,5,7,10-13,16-18,29-33,35,38H2,1-4H3,(H,80,83)(H,81,98)(H,84,95)(H,85,100)(H,86,103)(H,87,104)(H,88,102)(H,89,99)(H,90,101)(H,96,97)(H,106,107)(H4,78,79,82)/t42-,54-,55-,56-,57-,58-,59-,64-,65-/m0/s1. The number of carboxylic acid groups (broad SMARTS) is 2. The van der Waals surface area contributed by atoms with Crippen LogP contribution in [0.3, 0.4) is 0 Å². The minimum Gasteiger partial charge on any atom is -0.508 e. The van der Waals surface area contributed by atoms with Crippen LogP contribution in [0.4, 0.5) is 0 Å². The van der Waals surface area contributed by atoms with Gasteiger partial charge in [-0.2, -0.15) is 0 Å². The molecule has 3 aliphatic heterocycles. The predicted octanol–water partition coefficient (Wildman–Crippen LogP) is 3.02. The van der Waals surface area contributed by atoms with E-state index >= 15 is 0 Å². The number of imidazole rings is 1. The molecule has 33 nitrogen and oxygen atoms in total. The van der Waals surface area contributed by atoms with Crippen LogP contribution in [0.2, 0.25) is 0 Å². The predicted molar refractivity (Wildman–Crippen MR) is 395 cm³/mol. The lowest BCUT2D eigenvalue weighted by Crippen LogP contribution is -2.62. The molecule has 33 heteroatoms. The van der Waals surface area contributed by atoms with Gasteiger partial charge in [0.15, 0.2) is 11.6 Å². The molecule has 0 bridgehead atoms. The number of guanidine groups is 1. The number of unbranched alkanes of at least 4 members (excludes halogenated alkanes) is 2. The van der Waals surface area contributed by atoms with E-state index in [1.165, 1.54) is 78.1 Å². The molecule has 9 amide bonds. The number of hydrogen-bond acceptors (Lipinski definition) is 19. The fourth-order valence-electron chi connectivity index (χ4n) is 13.4. The van der Waals surface area contributed by atoms with Crippen molar-refractivity contribution in [1.29, 1.82) is 5.41 Å². The molecule has 0 saturated carbocycles. The van der Waals surface area contributed by atoms with Crippen molar-refractivity contribution >= 4 is 77.0 Å². The Hall–Kier alpha value is -12.6. The van der Waals surface area contributed by atoms with E-state index in [0.717, 1.165) is 0 Å². The monoisotopic (exact) mass is 1520 g/mol. The van der Waals surface area contributed by atoms with Gasteiger partial charge in [-0.1, -0.05) is 89.1 Å². The van der Waals surface area contributed by atoms with E-state index < -0.39 is 149 Å². The summed E-state index contributed by atoms with van der Waals surface area (Å²) >= 11 is 0. The van der Waals surface area contributed by atoms with E-state index in [-0.39, 0.29) is 111 Å². The molecule has 1 saturated heterocycles. The number of likely N-dealkylation sites (tertiary alicyclic amines) is 1. The minimum absolute atomic E-state index is 0.0196. The number of aromatic amines is 1. The average molecular weight is 1520 g/mol. The number of carbonyl (C=O) groups excluding carboxylic acids is 10. The summed E-state index contributed by atoms with van der Waals surface area (Å²) in [4.78, 5) is 175. The highest BCUT2D eigenvalue weighted by molar-refractivity contribution is 6.02. The lowest BCUT2D eigenvalue weighted by molar-refractivity contribution is -0.145. The third-order valence-corrected chi connectivity index (χ3v) is 19.4. The Morgan fingerprint density at radius 3 is 1.87 bits per heavy atom. The third kappa shape index (κ3) is 20.8. The van der Waals surface area contributed by atoms with Gasteiger partial charge in [-0.15, -0.1) is 0 Å². The first-order valence-electron chi connectivity index (χ1n) is 36.3. The number of carbonyl (C=O) groups is 12. The van der Waals surface area contributed by atoms with Gasteiger partial charge in [0.25, 0.3) is 5.91 Å². The number of nitrogens with zero attached hydrogens (tertiary/aromatic N) is 2. The molecule has 110 heavy (non-hydrogen) atoms. The number of nitrogens with two attached hydrogens (primary N) is 1. The number of H-pyrrole nitrogens is 1. The first kappa shape index (κ1) is 81.5. The van der Waals surface area contributed by atoms with Gasteiger partial charge >= 0.3 is 17.9 Å². The summed E-state index contributed by atoms with van der Waals surface area (Å²) in [5.74, 6) is -12.6. The SMILES string of the molecule is CC[C@H](C)[C@H](NC(=O)[C@H](Cc1ccc(O)cc1)NC(=O)[C@@H](NC(=O)[C@H](CCCNC(=N)N)NC(=O)[C@H](CC(=O)O)NC(=O)CCCCCNC(=O)c1ccc2c(c1)C(=O)OC21c2ccc(O)cc2Oc2cc(O)ccc21)C(C)C)C(=O)N[C@@H](Cc1c[nH]cn1)C(=O)N1CCC[C@H]1C(=O)N[C@@H](Cc1ccccc1)C(=O)O. The van der Waals surface area contributed by atoms with Crippen LogP contribution in [0.5, 0.6) is 28.7 Å². The largest absolute Gasteiger partial charge is 0.508 e. The number of fused-ring (bicyclic) bond motifs is 6. The van der Waals surface area contributed by atoms with E-state index in [1.54, 1.807) is 76.2 Å². The van der Waals surface area contributed by atoms with Crippen molar-refractivity contribution < 1.29 is 92.5 Å². The molecule has 0 radical (unpaired) electrons. The van der Waals surface area contributed by atoms with Gasteiger partial charge in [-0.05, 0) is 110 Å². The number of phenolic OH excluding ortho intramolecular Hbond substituents is 3. The minimum atomic E-state index is -1.73. The maximum Gasteiger partial charge on any atom is 0.340 e. The molecule has 18 N–H and O–H groups in total. The number of aromatic hydroxyl groups is 3. The zero-order chi connectivity index (χ0) is 79.5. The summed E-state index contributed by atoms with van der Waals surface area (Å²) in [5.41, 5.74) is 6.85. The van der Waals surface area contributed by atoms with Gasteiger partial charge in [0.1, 0.15) is 77.1 Å². The molecule has 3 aliphatic rings. The molecular weight excluding hydrogens is 1420 g/mol. The topological polar surface area (TPSA) is 515 Å². The summed E-state index contributed by atoms with van der Waals surface area (Å²) in [5, 5.41) is 82.3. The average Bonchev–Trinajstić information content (AvgIpc) is 1.49. The smallest absolute Gasteiger partial charge is 0.340 e. The van der Waals surface area contributed by atoms with Crippen molar-refractivity contribution in [1.82, 2.24) is 62.7 Å². The Bertz CT molecular complexity index is 4330. The molecule has 0 unspecified atom stereocenters. The van der Waals surface area contributed by atoms with E-state index in [1.807, 2.05) is 0 Å². The second-order valence-electron chi connectivity index (χ2n) is 27.8. The summed E-state index contributed by atoms with van der Waals surface area (Å²) < 4.78 is 12.1. The fraction of sp³-hybridized carbons (Fsp3) is 0.403. The molecule has 0 aliphatic carbocycles. The molecule has 1 spiro atoms. The highest BCUT2D eigenvalue weighted by Crippen LogP contribution is 2.57. The molecule has 1 fully saturated rings. The van der Waals surface area contributed by atoms with Crippen LogP contribution in [0, 0.1) is 17.2 Å². The molecule has 584 valence electrons. The Morgan fingerprint density at radius 2 is 1.24 bits per heavy atom. The van der Waals surface area contributed by atoms with E-state index in [4.69, 9.17) is 20.6 Å². The lowest BCUT2D eigenvalue weighted by atomic mass is 9.77. The summed E-state index contributed by atoms with van der Waals surface area (Å²) in [6, 6.07) is 16.1.